The van der Waals surface area contributed by atoms with E-state index in [4.69, 9.17) is 9.47 Å². The quantitative estimate of drug-likeness (QED) is 0.501. The summed E-state index contributed by atoms with van der Waals surface area (Å²) in [5, 5.41) is 10.2. The molecule has 0 fully saturated rings. The first-order valence-electron chi connectivity index (χ1n) is 10.1. The van der Waals surface area contributed by atoms with Crippen LogP contribution in [-0.2, 0) is 15.6 Å². The highest BCUT2D eigenvalue weighted by Gasteiger charge is 2.40. The first kappa shape index (κ1) is 21.2. The van der Waals surface area contributed by atoms with Crippen LogP contribution in [0.3, 0.4) is 0 Å². The average molecular weight is 398 g/mol. The van der Waals surface area contributed by atoms with E-state index in [0.29, 0.717) is 17.9 Å². The minimum atomic E-state index is -0.379. The summed E-state index contributed by atoms with van der Waals surface area (Å²) in [5.74, 6) is 0.342. The van der Waals surface area contributed by atoms with Gasteiger partial charge in [0.25, 0.3) is 0 Å². The zero-order valence-electron chi connectivity index (χ0n) is 18.2. The van der Waals surface area contributed by atoms with Crippen molar-refractivity contribution in [3.63, 3.8) is 0 Å². The summed E-state index contributed by atoms with van der Waals surface area (Å²) in [6.45, 7) is 11.4. The minimum Gasteiger partial charge on any atom is -0.493 e. The topological polar surface area (TPSA) is 67.8 Å². The Labute approximate surface area is 173 Å². The number of rotatable bonds is 5. The van der Waals surface area contributed by atoms with Gasteiger partial charge in [-0.3, -0.25) is 10.7 Å². The van der Waals surface area contributed by atoms with Crippen molar-refractivity contribution in [3.05, 3.63) is 47.0 Å². The van der Waals surface area contributed by atoms with E-state index in [2.05, 4.69) is 39.2 Å². The molecule has 0 spiro atoms. The van der Waals surface area contributed by atoms with Crippen LogP contribution in [0, 0.1) is 0 Å². The van der Waals surface area contributed by atoms with Crippen molar-refractivity contribution in [2.24, 2.45) is 0 Å². The van der Waals surface area contributed by atoms with Crippen LogP contribution in [0.1, 0.15) is 68.9 Å². The number of fused-ring (bicyclic) bond motifs is 1. The second kappa shape index (κ2) is 7.71. The lowest BCUT2D eigenvalue weighted by atomic mass is 9.62. The largest absolute Gasteiger partial charge is 0.493 e. The van der Waals surface area contributed by atoms with Gasteiger partial charge in [0.2, 0.25) is 0 Å². The molecule has 0 bridgehead atoms. The summed E-state index contributed by atoms with van der Waals surface area (Å²) in [6.07, 6.45) is 2.09. The van der Waals surface area contributed by atoms with E-state index in [0.717, 1.165) is 35.3 Å². The molecule has 0 unspecified atom stereocenters. The highest BCUT2D eigenvalue weighted by molar-refractivity contribution is 5.92. The number of nitrogens with one attached hydrogen (secondary N) is 1. The van der Waals surface area contributed by atoms with Gasteiger partial charge in [-0.25, -0.2) is 4.79 Å². The zero-order valence-corrected chi connectivity index (χ0v) is 18.2. The van der Waals surface area contributed by atoms with Crippen LogP contribution in [0.25, 0.3) is 11.1 Å². The molecule has 2 aromatic rings. The SMILES string of the molecule is CCOc1cc2c(c(NO)c1-c1ccc(C(=O)OC)cc1)C(C)(C)CCC2(C)C. The van der Waals surface area contributed by atoms with Gasteiger partial charge in [-0.2, -0.15) is 0 Å². The summed E-state index contributed by atoms with van der Waals surface area (Å²) in [7, 11) is 1.37. The minimum absolute atomic E-state index is 0.0183. The van der Waals surface area contributed by atoms with Crippen molar-refractivity contribution >= 4 is 11.7 Å². The fraction of sp³-hybridized carbons (Fsp3) is 0.458. The van der Waals surface area contributed by atoms with Gasteiger partial charge < -0.3 is 9.47 Å². The Balaban J connectivity index is 2.30. The molecule has 0 atom stereocenters. The monoisotopic (exact) mass is 397 g/mol. The third kappa shape index (κ3) is 3.71. The Morgan fingerprint density at radius 1 is 1.10 bits per heavy atom. The first-order valence-corrected chi connectivity index (χ1v) is 10.1. The normalized spacial score (nSPS) is 16.7. The van der Waals surface area contributed by atoms with Crippen molar-refractivity contribution in [2.45, 2.75) is 58.3 Å². The molecule has 0 saturated carbocycles. The maximum Gasteiger partial charge on any atom is 0.337 e. The lowest BCUT2D eigenvalue weighted by Crippen LogP contribution is -2.35. The zero-order chi connectivity index (χ0) is 21.4. The van der Waals surface area contributed by atoms with Crippen molar-refractivity contribution in [2.75, 3.05) is 19.2 Å². The molecule has 0 aliphatic heterocycles. The molecule has 156 valence electrons. The summed E-state index contributed by atoms with van der Waals surface area (Å²) in [5.41, 5.74) is 7.51. The molecule has 29 heavy (non-hydrogen) atoms. The summed E-state index contributed by atoms with van der Waals surface area (Å²) >= 11 is 0. The van der Waals surface area contributed by atoms with Crippen LogP contribution in [-0.4, -0.2) is 24.9 Å². The van der Waals surface area contributed by atoms with Gasteiger partial charge in [-0.1, -0.05) is 39.8 Å². The van der Waals surface area contributed by atoms with Gasteiger partial charge in [-0.15, -0.1) is 0 Å². The standard InChI is InChI=1S/C24H31NO4/c1-7-29-18-14-17-20(24(4,5)13-12-23(17,2)3)21(25-27)19(18)15-8-10-16(11-9-15)22(26)28-6/h8-11,14,25,27H,7,12-13H2,1-6H3. The van der Waals surface area contributed by atoms with Crippen molar-refractivity contribution in [3.8, 4) is 16.9 Å². The maximum atomic E-state index is 11.8. The Hall–Kier alpha value is -2.53. The van der Waals surface area contributed by atoms with E-state index in [1.807, 2.05) is 19.1 Å². The van der Waals surface area contributed by atoms with Crippen LogP contribution in [0.4, 0.5) is 5.69 Å². The molecule has 5 nitrogen and oxygen atoms in total. The molecule has 2 aromatic carbocycles. The number of benzene rings is 2. The number of carbonyl (C=O) groups excluding carboxylic acids is 1. The number of hydrogen-bond donors (Lipinski definition) is 2. The first-order chi connectivity index (χ1) is 13.7. The molecule has 5 heteroatoms. The Morgan fingerprint density at radius 3 is 2.28 bits per heavy atom. The Morgan fingerprint density at radius 2 is 1.72 bits per heavy atom. The summed E-state index contributed by atoms with van der Waals surface area (Å²) in [6, 6.07) is 9.31. The van der Waals surface area contributed by atoms with Crippen LogP contribution < -0.4 is 10.2 Å². The Bertz CT molecular complexity index is 913. The van der Waals surface area contributed by atoms with Crippen molar-refractivity contribution < 1.29 is 19.5 Å². The molecule has 2 N–H and O–H groups in total. The third-order valence-electron chi connectivity index (χ3n) is 6.08. The lowest BCUT2D eigenvalue weighted by Gasteiger charge is -2.43. The average Bonchev–Trinajstić information content (AvgIpc) is 2.70. The number of ether oxygens (including phenoxy) is 2. The number of hydrogen-bond acceptors (Lipinski definition) is 5. The smallest absolute Gasteiger partial charge is 0.337 e. The van der Waals surface area contributed by atoms with Gasteiger partial charge in [-0.05, 0) is 65.5 Å². The fourth-order valence-electron chi connectivity index (χ4n) is 4.34. The summed E-state index contributed by atoms with van der Waals surface area (Å²) in [4.78, 5) is 11.8. The number of carbonyl (C=O) groups is 1. The predicted molar refractivity (Wildman–Crippen MR) is 115 cm³/mol. The molecule has 0 amide bonds. The van der Waals surface area contributed by atoms with Crippen LogP contribution in [0.15, 0.2) is 30.3 Å². The maximum absolute atomic E-state index is 11.8. The van der Waals surface area contributed by atoms with E-state index in [1.54, 1.807) is 12.1 Å². The highest BCUT2D eigenvalue weighted by Crippen LogP contribution is 2.53. The summed E-state index contributed by atoms with van der Waals surface area (Å²) < 4.78 is 10.8. The second-order valence-corrected chi connectivity index (χ2v) is 8.93. The molecule has 1 aliphatic rings. The van der Waals surface area contributed by atoms with Gasteiger partial charge in [0, 0.05) is 5.56 Å². The van der Waals surface area contributed by atoms with E-state index in [1.165, 1.54) is 12.7 Å². The van der Waals surface area contributed by atoms with Gasteiger partial charge in [0.15, 0.2) is 0 Å². The van der Waals surface area contributed by atoms with Gasteiger partial charge >= 0.3 is 5.97 Å². The molecule has 0 saturated heterocycles. The third-order valence-corrected chi connectivity index (χ3v) is 6.08. The lowest BCUT2D eigenvalue weighted by molar-refractivity contribution is 0.0600. The molecule has 0 radical (unpaired) electrons. The molecular weight excluding hydrogens is 366 g/mol. The molecular formula is C24H31NO4. The van der Waals surface area contributed by atoms with Gasteiger partial charge in [0.05, 0.1) is 25.0 Å². The van der Waals surface area contributed by atoms with Crippen molar-refractivity contribution in [1.29, 1.82) is 0 Å². The number of anilines is 1. The van der Waals surface area contributed by atoms with E-state index in [-0.39, 0.29) is 16.8 Å². The molecule has 0 heterocycles. The molecule has 0 aromatic heterocycles. The molecule has 3 rings (SSSR count). The molecule has 1 aliphatic carbocycles. The van der Waals surface area contributed by atoms with E-state index >= 15 is 0 Å². The van der Waals surface area contributed by atoms with Crippen LogP contribution in [0.5, 0.6) is 5.75 Å². The van der Waals surface area contributed by atoms with Crippen molar-refractivity contribution in [1.82, 2.24) is 0 Å². The second-order valence-electron chi connectivity index (χ2n) is 8.93. The van der Waals surface area contributed by atoms with E-state index < -0.39 is 0 Å². The predicted octanol–water partition coefficient (Wildman–Crippen LogP) is 5.69. The Kier molecular flexibility index (Phi) is 5.63. The van der Waals surface area contributed by atoms with E-state index in [9.17, 15) is 10.0 Å². The van der Waals surface area contributed by atoms with Crippen LogP contribution >= 0.6 is 0 Å². The van der Waals surface area contributed by atoms with Gasteiger partial charge in [0.1, 0.15) is 5.75 Å². The number of methoxy groups -OCH3 is 1. The highest BCUT2D eigenvalue weighted by atomic mass is 16.5. The fourth-order valence-corrected chi connectivity index (χ4v) is 4.34. The van der Waals surface area contributed by atoms with Crippen LogP contribution in [0.2, 0.25) is 0 Å². The number of esters is 1.